The van der Waals surface area contributed by atoms with E-state index in [2.05, 4.69) is 9.97 Å². The second-order valence-corrected chi connectivity index (χ2v) is 5.93. The Balaban J connectivity index is 1.96. The van der Waals surface area contributed by atoms with Crippen LogP contribution in [-0.4, -0.2) is 39.7 Å². The van der Waals surface area contributed by atoms with Gasteiger partial charge < -0.3 is 15.4 Å². The van der Waals surface area contributed by atoms with Crippen molar-refractivity contribution in [2.45, 2.75) is 32.3 Å². The van der Waals surface area contributed by atoms with Gasteiger partial charge >= 0.3 is 6.09 Å². The zero-order valence-electron chi connectivity index (χ0n) is 11.2. The Kier molecular flexibility index (Phi) is 3.54. The van der Waals surface area contributed by atoms with Crippen molar-refractivity contribution in [3.63, 3.8) is 0 Å². The number of likely N-dealkylation sites (tertiary alicyclic amines) is 1. The molecule has 1 saturated heterocycles. The number of ether oxygens (including phenoxy) is 1. The molecule has 1 aliphatic rings. The minimum absolute atomic E-state index is 0.0683. The molecule has 0 unspecified atom stereocenters. The van der Waals surface area contributed by atoms with Crippen LogP contribution in [0.5, 0.6) is 0 Å². The monoisotopic (exact) mass is 284 g/mol. The molecular formula is C12H17ClN4O2. The highest BCUT2D eigenvalue weighted by Crippen LogP contribution is 2.30. The zero-order chi connectivity index (χ0) is 14.2. The van der Waals surface area contributed by atoms with Gasteiger partial charge in [0.1, 0.15) is 16.6 Å². The van der Waals surface area contributed by atoms with E-state index in [0.717, 1.165) is 0 Å². The summed E-state index contributed by atoms with van der Waals surface area (Å²) in [6.45, 7) is 6.55. The van der Waals surface area contributed by atoms with Gasteiger partial charge in [0.2, 0.25) is 0 Å². The van der Waals surface area contributed by atoms with E-state index in [4.69, 9.17) is 22.1 Å². The van der Waals surface area contributed by atoms with Crippen LogP contribution in [0.3, 0.4) is 0 Å². The third-order valence-corrected chi connectivity index (χ3v) is 2.90. The summed E-state index contributed by atoms with van der Waals surface area (Å²) < 4.78 is 5.27. The molecule has 2 N–H and O–H groups in total. The number of rotatable bonds is 1. The average Bonchev–Trinajstić information content (AvgIpc) is 2.18. The van der Waals surface area contributed by atoms with E-state index in [1.807, 2.05) is 20.8 Å². The molecule has 1 amide bonds. The van der Waals surface area contributed by atoms with Gasteiger partial charge in [-0.3, -0.25) is 0 Å². The molecule has 0 spiro atoms. The fourth-order valence-electron chi connectivity index (χ4n) is 1.82. The Morgan fingerprint density at radius 3 is 2.74 bits per heavy atom. The van der Waals surface area contributed by atoms with E-state index in [0.29, 0.717) is 29.8 Å². The van der Waals surface area contributed by atoms with Gasteiger partial charge in [-0.05, 0) is 20.8 Å². The summed E-state index contributed by atoms with van der Waals surface area (Å²) in [4.78, 5) is 21.5. The van der Waals surface area contributed by atoms with Crippen LogP contribution >= 0.6 is 11.6 Å². The molecule has 104 valence electrons. The highest BCUT2D eigenvalue weighted by atomic mass is 35.5. The molecule has 1 fully saturated rings. The van der Waals surface area contributed by atoms with E-state index in [1.54, 1.807) is 4.90 Å². The van der Waals surface area contributed by atoms with Gasteiger partial charge in [-0.2, -0.15) is 0 Å². The Hall–Kier alpha value is -1.56. The predicted molar refractivity (Wildman–Crippen MR) is 72.0 cm³/mol. The lowest BCUT2D eigenvalue weighted by Gasteiger charge is -2.39. The van der Waals surface area contributed by atoms with Crippen LogP contribution in [0.1, 0.15) is 32.4 Å². The molecule has 7 heteroatoms. The van der Waals surface area contributed by atoms with Crippen LogP contribution in [0.25, 0.3) is 0 Å². The molecule has 0 aliphatic carbocycles. The minimum atomic E-state index is -0.489. The summed E-state index contributed by atoms with van der Waals surface area (Å²) in [5.74, 6) is 0.428. The van der Waals surface area contributed by atoms with Crippen LogP contribution in [0.2, 0.25) is 5.15 Å². The fourth-order valence-corrected chi connectivity index (χ4v) is 1.96. The first-order valence-corrected chi connectivity index (χ1v) is 6.40. The Morgan fingerprint density at radius 1 is 1.53 bits per heavy atom. The van der Waals surface area contributed by atoms with Crippen molar-refractivity contribution in [2.24, 2.45) is 0 Å². The van der Waals surface area contributed by atoms with Crippen LogP contribution in [0, 0.1) is 0 Å². The lowest BCUT2D eigenvalue weighted by atomic mass is 9.96. The third kappa shape index (κ3) is 3.26. The number of nitrogens with zero attached hydrogens (tertiary/aromatic N) is 3. The van der Waals surface area contributed by atoms with Crippen molar-refractivity contribution < 1.29 is 9.53 Å². The first-order valence-electron chi connectivity index (χ1n) is 6.02. The number of nitrogen functional groups attached to an aromatic ring is 1. The molecule has 0 bridgehead atoms. The molecule has 2 rings (SSSR count). The number of halogens is 1. The van der Waals surface area contributed by atoms with E-state index in [-0.39, 0.29) is 12.0 Å². The summed E-state index contributed by atoms with van der Waals surface area (Å²) in [5, 5.41) is 0.305. The Bertz CT molecular complexity index is 495. The molecule has 0 atom stereocenters. The summed E-state index contributed by atoms with van der Waals surface area (Å²) in [6.07, 6.45) is 1.09. The van der Waals surface area contributed by atoms with Crippen molar-refractivity contribution in [3.8, 4) is 0 Å². The average molecular weight is 285 g/mol. The second-order valence-electron chi connectivity index (χ2n) is 5.55. The number of aromatic nitrogens is 2. The normalized spacial score (nSPS) is 16.1. The summed E-state index contributed by atoms with van der Waals surface area (Å²) in [5.41, 5.74) is 5.91. The van der Waals surface area contributed by atoms with E-state index >= 15 is 0 Å². The maximum Gasteiger partial charge on any atom is 0.410 e. The van der Waals surface area contributed by atoms with Crippen LogP contribution in [0.15, 0.2) is 6.20 Å². The molecule has 1 aromatic heterocycles. The number of hydrogen-bond acceptors (Lipinski definition) is 5. The predicted octanol–water partition coefficient (Wildman–Crippen LogP) is 2.05. The molecule has 2 heterocycles. The first kappa shape index (κ1) is 13.9. The topological polar surface area (TPSA) is 81.3 Å². The highest BCUT2D eigenvalue weighted by molar-refractivity contribution is 6.29. The van der Waals surface area contributed by atoms with Crippen LogP contribution in [-0.2, 0) is 4.74 Å². The van der Waals surface area contributed by atoms with Gasteiger partial charge in [0.05, 0.1) is 11.9 Å². The summed E-state index contributed by atoms with van der Waals surface area (Å²) >= 11 is 5.79. The van der Waals surface area contributed by atoms with E-state index in [9.17, 15) is 4.79 Å². The quantitative estimate of drug-likeness (QED) is 0.853. The summed E-state index contributed by atoms with van der Waals surface area (Å²) in [7, 11) is 0. The molecule has 1 aromatic rings. The highest BCUT2D eigenvalue weighted by Gasteiger charge is 2.36. The molecule has 1 aliphatic heterocycles. The van der Waals surface area contributed by atoms with Gasteiger partial charge in [0.25, 0.3) is 0 Å². The van der Waals surface area contributed by atoms with Crippen LogP contribution in [0.4, 0.5) is 10.6 Å². The number of amides is 1. The SMILES string of the molecule is CC(C)(C)OC(=O)N1CC(c2nc(Cl)cnc2N)C1. The zero-order valence-corrected chi connectivity index (χ0v) is 11.9. The lowest BCUT2D eigenvalue weighted by Crippen LogP contribution is -2.50. The molecule has 0 aromatic carbocycles. The molecular weight excluding hydrogens is 268 g/mol. The standard InChI is InChI=1S/C12H17ClN4O2/c1-12(2,3)19-11(18)17-5-7(6-17)9-10(14)15-4-8(13)16-9/h4,7H,5-6H2,1-3H3,(H2,14,15). The second kappa shape index (κ2) is 4.85. The number of hydrogen-bond donors (Lipinski definition) is 1. The largest absolute Gasteiger partial charge is 0.444 e. The maximum atomic E-state index is 11.8. The van der Waals surface area contributed by atoms with Gasteiger partial charge in [-0.1, -0.05) is 11.6 Å². The van der Waals surface area contributed by atoms with Crippen molar-refractivity contribution in [1.82, 2.24) is 14.9 Å². The first-order chi connectivity index (χ1) is 8.76. The smallest absolute Gasteiger partial charge is 0.410 e. The van der Waals surface area contributed by atoms with Crippen molar-refractivity contribution in [2.75, 3.05) is 18.8 Å². The Morgan fingerprint density at radius 2 is 2.16 bits per heavy atom. The van der Waals surface area contributed by atoms with Crippen molar-refractivity contribution >= 4 is 23.5 Å². The molecule has 6 nitrogen and oxygen atoms in total. The molecule has 0 saturated carbocycles. The van der Waals surface area contributed by atoms with Crippen molar-refractivity contribution in [3.05, 3.63) is 17.0 Å². The number of nitrogens with two attached hydrogens (primary N) is 1. The molecule has 0 radical (unpaired) electrons. The number of carbonyl (C=O) groups excluding carboxylic acids is 1. The molecule has 19 heavy (non-hydrogen) atoms. The van der Waals surface area contributed by atoms with Gasteiger partial charge in [-0.25, -0.2) is 14.8 Å². The van der Waals surface area contributed by atoms with Gasteiger partial charge in [0, 0.05) is 19.0 Å². The lowest BCUT2D eigenvalue weighted by molar-refractivity contribution is 0.00791. The third-order valence-electron chi connectivity index (χ3n) is 2.72. The van der Waals surface area contributed by atoms with Gasteiger partial charge in [-0.15, -0.1) is 0 Å². The van der Waals surface area contributed by atoms with E-state index < -0.39 is 5.60 Å². The number of anilines is 1. The number of carbonyl (C=O) groups is 1. The minimum Gasteiger partial charge on any atom is -0.444 e. The van der Waals surface area contributed by atoms with E-state index in [1.165, 1.54) is 6.20 Å². The van der Waals surface area contributed by atoms with Crippen molar-refractivity contribution in [1.29, 1.82) is 0 Å². The summed E-state index contributed by atoms with van der Waals surface area (Å²) in [6, 6.07) is 0. The van der Waals surface area contributed by atoms with Gasteiger partial charge in [0.15, 0.2) is 0 Å². The Labute approximate surface area is 116 Å². The van der Waals surface area contributed by atoms with Crippen LogP contribution < -0.4 is 5.73 Å². The maximum absolute atomic E-state index is 11.8. The fraction of sp³-hybridized carbons (Fsp3) is 0.583.